The van der Waals surface area contributed by atoms with Crippen molar-refractivity contribution in [2.24, 2.45) is 5.92 Å². The van der Waals surface area contributed by atoms with Crippen LogP contribution in [-0.2, 0) is 4.79 Å². The van der Waals surface area contributed by atoms with Gasteiger partial charge in [-0.2, -0.15) is 0 Å². The van der Waals surface area contributed by atoms with Crippen LogP contribution in [-0.4, -0.2) is 5.78 Å². The fraction of sp³-hybridized carbons (Fsp3) is 0.409. The summed E-state index contributed by atoms with van der Waals surface area (Å²) in [5.41, 5.74) is 3.50. The van der Waals surface area contributed by atoms with E-state index in [9.17, 15) is 4.79 Å². The van der Waals surface area contributed by atoms with Gasteiger partial charge in [0.15, 0.2) is 0 Å². The summed E-state index contributed by atoms with van der Waals surface area (Å²) >= 11 is 6.05. The molecule has 1 aliphatic carbocycles. The first-order chi connectivity index (χ1) is 12.0. The standard InChI is InChI=1S/C22H26ClNO/c1-15(2)16-9-13-19(14-10-16)24-22(17-7-11-18(23)12-8-17)20-5-3-4-6-21(20)25/h7-15,20,22,24H,3-6H2,1-2H3/t20-,22-/m0/s1. The average Bonchev–Trinajstić information content (AvgIpc) is 2.62. The zero-order valence-corrected chi connectivity index (χ0v) is 15.7. The fourth-order valence-corrected chi connectivity index (χ4v) is 3.72. The van der Waals surface area contributed by atoms with E-state index in [2.05, 4.69) is 43.4 Å². The third kappa shape index (κ3) is 4.43. The van der Waals surface area contributed by atoms with Crippen LogP contribution in [0.25, 0.3) is 0 Å². The van der Waals surface area contributed by atoms with Gasteiger partial charge in [-0.05, 0) is 54.2 Å². The highest BCUT2D eigenvalue weighted by Crippen LogP contribution is 2.35. The van der Waals surface area contributed by atoms with E-state index in [1.807, 2.05) is 24.3 Å². The van der Waals surface area contributed by atoms with Crippen molar-refractivity contribution in [2.75, 3.05) is 5.32 Å². The summed E-state index contributed by atoms with van der Waals surface area (Å²) in [7, 11) is 0. The lowest BCUT2D eigenvalue weighted by atomic mass is 9.80. The number of Topliss-reactive ketones (excluding diaryl/α,β-unsaturated/α-hetero) is 1. The maximum Gasteiger partial charge on any atom is 0.138 e. The van der Waals surface area contributed by atoms with Crippen LogP contribution in [0.15, 0.2) is 48.5 Å². The molecule has 2 atom stereocenters. The minimum Gasteiger partial charge on any atom is -0.378 e. The van der Waals surface area contributed by atoms with Gasteiger partial charge in [0.1, 0.15) is 5.78 Å². The van der Waals surface area contributed by atoms with Crippen molar-refractivity contribution < 1.29 is 4.79 Å². The van der Waals surface area contributed by atoms with Gasteiger partial charge in [-0.3, -0.25) is 4.79 Å². The molecule has 1 saturated carbocycles. The molecule has 2 aromatic carbocycles. The molecule has 2 nitrogen and oxygen atoms in total. The van der Waals surface area contributed by atoms with E-state index in [0.29, 0.717) is 18.1 Å². The molecule has 25 heavy (non-hydrogen) atoms. The molecule has 0 saturated heterocycles. The number of rotatable bonds is 5. The normalized spacial score (nSPS) is 19.0. The van der Waals surface area contributed by atoms with Crippen LogP contribution in [0.3, 0.4) is 0 Å². The van der Waals surface area contributed by atoms with Gasteiger partial charge >= 0.3 is 0 Å². The smallest absolute Gasteiger partial charge is 0.138 e. The summed E-state index contributed by atoms with van der Waals surface area (Å²) in [5, 5.41) is 4.34. The highest BCUT2D eigenvalue weighted by atomic mass is 35.5. The highest BCUT2D eigenvalue weighted by Gasteiger charge is 2.31. The van der Waals surface area contributed by atoms with Gasteiger partial charge in [0.2, 0.25) is 0 Å². The van der Waals surface area contributed by atoms with Crippen molar-refractivity contribution in [1.29, 1.82) is 0 Å². The number of hydrogen-bond donors (Lipinski definition) is 1. The number of carbonyl (C=O) groups is 1. The Morgan fingerprint density at radius 1 is 0.960 bits per heavy atom. The van der Waals surface area contributed by atoms with Crippen molar-refractivity contribution in [3.05, 3.63) is 64.7 Å². The lowest BCUT2D eigenvalue weighted by molar-refractivity contribution is -0.125. The van der Waals surface area contributed by atoms with Crippen molar-refractivity contribution in [2.45, 2.75) is 51.5 Å². The van der Waals surface area contributed by atoms with Crippen molar-refractivity contribution >= 4 is 23.1 Å². The lowest BCUT2D eigenvalue weighted by Gasteiger charge is -2.31. The van der Waals surface area contributed by atoms with Crippen LogP contribution in [0, 0.1) is 5.92 Å². The first-order valence-electron chi connectivity index (χ1n) is 9.19. The van der Waals surface area contributed by atoms with Crippen molar-refractivity contribution in [3.63, 3.8) is 0 Å². The zero-order chi connectivity index (χ0) is 17.8. The predicted octanol–water partition coefficient (Wildman–Crippen LogP) is 6.38. The van der Waals surface area contributed by atoms with E-state index in [4.69, 9.17) is 11.6 Å². The molecule has 0 spiro atoms. The molecular weight excluding hydrogens is 330 g/mol. The molecule has 1 N–H and O–H groups in total. The molecule has 2 aromatic rings. The minimum absolute atomic E-state index is 0.00466. The summed E-state index contributed by atoms with van der Waals surface area (Å²) in [6.45, 7) is 4.39. The van der Waals surface area contributed by atoms with Crippen LogP contribution in [0.2, 0.25) is 5.02 Å². The molecular formula is C22H26ClNO. The first kappa shape index (κ1) is 18.0. The average molecular weight is 356 g/mol. The van der Waals surface area contributed by atoms with Gasteiger partial charge < -0.3 is 5.32 Å². The van der Waals surface area contributed by atoms with E-state index >= 15 is 0 Å². The summed E-state index contributed by atoms with van der Waals surface area (Å²) in [6.07, 6.45) is 3.78. The van der Waals surface area contributed by atoms with E-state index < -0.39 is 0 Å². The van der Waals surface area contributed by atoms with Gasteiger partial charge in [0.05, 0.1) is 6.04 Å². The van der Waals surface area contributed by atoms with Gasteiger partial charge in [-0.15, -0.1) is 0 Å². The van der Waals surface area contributed by atoms with Crippen LogP contribution < -0.4 is 5.32 Å². The van der Waals surface area contributed by atoms with E-state index in [1.54, 1.807) is 0 Å². The number of carbonyl (C=O) groups excluding carboxylic acids is 1. The summed E-state index contributed by atoms with van der Waals surface area (Å²) < 4.78 is 0. The minimum atomic E-state index is -0.00466. The Balaban J connectivity index is 1.87. The van der Waals surface area contributed by atoms with Crippen molar-refractivity contribution in [3.8, 4) is 0 Å². The monoisotopic (exact) mass is 355 g/mol. The number of nitrogens with one attached hydrogen (secondary N) is 1. The van der Waals surface area contributed by atoms with Crippen LogP contribution in [0.4, 0.5) is 5.69 Å². The molecule has 0 aromatic heterocycles. The molecule has 0 bridgehead atoms. The molecule has 1 aliphatic rings. The Kier molecular flexibility index (Phi) is 5.80. The maximum atomic E-state index is 12.5. The largest absolute Gasteiger partial charge is 0.378 e. The Morgan fingerprint density at radius 3 is 2.20 bits per heavy atom. The lowest BCUT2D eigenvalue weighted by Crippen LogP contribution is -2.30. The molecule has 0 aliphatic heterocycles. The highest BCUT2D eigenvalue weighted by molar-refractivity contribution is 6.30. The van der Waals surface area contributed by atoms with Gasteiger partial charge in [-0.25, -0.2) is 0 Å². The molecule has 0 unspecified atom stereocenters. The van der Waals surface area contributed by atoms with Crippen LogP contribution >= 0.6 is 11.6 Å². The van der Waals surface area contributed by atoms with E-state index in [0.717, 1.165) is 35.5 Å². The van der Waals surface area contributed by atoms with Gasteiger partial charge in [0.25, 0.3) is 0 Å². The number of ketones is 1. The Bertz CT molecular complexity index is 706. The Labute approximate surface area is 155 Å². The van der Waals surface area contributed by atoms with Crippen molar-refractivity contribution in [1.82, 2.24) is 0 Å². The molecule has 3 heteroatoms. The third-order valence-corrected chi connectivity index (χ3v) is 5.38. The third-order valence-electron chi connectivity index (χ3n) is 5.13. The molecule has 3 rings (SSSR count). The van der Waals surface area contributed by atoms with Crippen LogP contribution in [0.1, 0.15) is 62.6 Å². The van der Waals surface area contributed by atoms with E-state index in [-0.39, 0.29) is 12.0 Å². The molecule has 0 amide bonds. The summed E-state index contributed by atoms with van der Waals surface area (Å²) in [5.74, 6) is 0.915. The predicted molar refractivity (Wildman–Crippen MR) is 105 cm³/mol. The number of hydrogen-bond acceptors (Lipinski definition) is 2. The molecule has 1 fully saturated rings. The number of benzene rings is 2. The van der Waals surface area contributed by atoms with Gasteiger partial charge in [0, 0.05) is 23.0 Å². The Hall–Kier alpha value is -1.80. The second-order valence-electron chi connectivity index (χ2n) is 7.27. The number of anilines is 1. The summed E-state index contributed by atoms with van der Waals surface area (Å²) in [6, 6.07) is 16.4. The SMILES string of the molecule is CC(C)c1ccc(N[C@@H](c2ccc(Cl)cc2)[C@H]2CCCCC2=O)cc1. The second-order valence-corrected chi connectivity index (χ2v) is 7.71. The fourth-order valence-electron chi connectivity index (χ4n) is 3.59. The quantitative estimate of drug-likeness (QED) is 0.674. The second kappa shape index (κ2) is 8.05. The zero-order valence-electron chi connectivity index (χ0n) is 15.0. The molecule has 0 heterocycles. The van der Waals surface area contributed by atoms with Crippen LogP contribution in [0.5, 0.6) is 0 Å². The maximum absolute atomic E-state index is 12.5. The first-order valence-corrected chi connectivity index (χ1v) is 9.57. The van der Waals surface area contributed by atoms with E-state index in [1.165, 1.54) is 5.56 Å². The topological polar surface area (TPSA) is 29.1 Å². The summed E-state index contributed by atoms with van der Waals surface area (Å²) in [4.78, 5) is 12.5. The van der Waals surface area contributed by atoms with Gasteiger partial charge in [-0.1, -0.05) is 56.1 Å². The Morgan fingerprint density at radius 2 is 1.60 bits per heavy atom. The molecule has 0 radical (unpaired) electrons. The number of halogens is 1. The molecule has 132 valence electrons.